The van der Waals surface area contributed by atoms with Gasteiger partial charge in [0.1, 0.15) is 0 Å². The molecule has 3 aliphatic rings. The summed E-state index contributed by atoms with van der Waals surface area (Å²) in [5.74, 6) is 0.544. The number of ether oxygens (including phenoxy) is 1. The maximum atomic E-state index is 11.4. The molecule has 0 radical (unpaired) electrons. The third-order valence-corrected chi connectivity index (χ3v) is 3.59. The van der Waals surface area contributed by atoms with Crippen LogP contribution in [0, 0.1) is 17.8 Å². The molecule has 3 saturated carbocycles. The number of hydrogen-bond donors (Lipinski definition) is 1. The van der Waals surface area contributed by atoms with Gasteiger partial charge in [0.05, 0.1) is 19.1 Å². The van der Waals surface area contributed by atoms with Gasteiger partial charge < -0.3 is 9.84 Å². The average Bonchev–Trinajstić information content (AvgIpc) is 2.17. The van der Waals surface area contributed by atoms with E-state index in [-0.39, 0.29) is 23.9 Å². The molecule has 4 atom stereocenters. The highest BCUT2D eigenvalue weighted by molar-refractivity contribution is 5.73. The third-order valence-electron chi connectivity index (χ3n) is 3.59. The minimum absolute atomic E-state index is 0.0347. The summed E-state index contributed by atoms with van der Waals surface area (Å²) in [6, 6.07) is 0. The van der Waals surface area contributed by atoms with Crippen LogP contribution in [0.3, 0.4) is 0 Å². The monoisotopic (exact) mass is 184 g/mol. The van der Waals surface area contributed by atoms with Crippen molar-refractivity contribution in [3.8, 4) is 0 Å². The maximum Gasteiger partial charge on any atom is 0.309 e. The van der Waals surface area contributed by atoms with Crippen molar-refractivity contribution in [2.24, 2.45) is 17.8 Å². The van der Waals surface area contributed by atoms with E-state index in [1.165, 1.54) is 13.5 Å². The summed E-state index contributed by atoms with van der Waals surface area (Å²) in [6.07, 6.45) is 3.71. The fraction of sp³-hybridized carbons (Fsp3) is 0.900. The van der Waals surface area contributed by atoms with Crippen molar-refractivity contribution < 1.29 is 14.6 Å². The Balaban J connectivity index is 2.10. The second-order valence-electron chi connectivity index (χ2n) is 4.28. The fourth-order valence-corrected chi connectivity index (χ4v) is 2.89. The number of methoxy groups -OCH3 is 1. The van der Waals surface area contributed by atoms with Crippen molar-refractivity contribution in [3.63, 3.8) is 0 Å². The molecule has 0 aromatic carbocycles. The summed E-state index contributed by atoms with van der Waals surface area (Å²) in [7, 11) is 1.43. The van der Waals surface area contributed by atoms with Crippen LogP contribution < -0.4 is 0 Å². The van der Waals surface area contributed by atoms with Gasteiger partial charge >= 0.3 is 5.97 Å². The van der Waals surface area contributed by atoms with Crippen LogP contribution in [0.15, 0.2) is 0 Å². The fourth-order valence-electron chi connectivity index (χ4n) is 2.89. The lowest BCUT2D eigenvalue weighted by molar-refractivity contribution is -0.156. The maximum absolute atomic E-state index is 11.4. The van der Waals surface area contributed by atoms with Crippen molar-refractivity contribution >= 4 is 5.97 Å². The molecule has 3 nitrogen and oxygen atoms in total. The molecular weight excluding hydrogens is 168 g/mol. The van der Waals surface area contributed by atoms with Gasteiger partial charge in [0.15, 0.2) is 0 Å². The van der Waals surface area contributed by atoms with E-state index in [1.54, 1.807) is 0 Å². The number of fused-ring (bicyclic) bond motifs is 3. The first-order valence-electron chi connectivity index (χ1n) is 4.98. The van der Waals surface area contributed by atoms with Gasteiger partial charge in [-0.15, -0.1) is 0 Å². The second kappa shape index (κ2) is 3.29. The Morgan fingerprint density at radius 1 is 1.38 bits per heavy atom. The summed E-state index contributed by atoms with van der Waals surface area (Å²) in [4.78, 5) is 11.4. The highest BCUT2D eigenvalue weighted by Crippen LogP contribution is 2.45. The normalized spacial score (nSPS) is 43.2. The quantitative estimate of drug-likeness (QED) is 0.617. The van der Waals surface area contributed by atoms with Gasteiger partial charge in [-0.2, -0.15) is 0 Å². The Bertz CT molecular complexity index is 214. The molecule has 0 aromatic heterocycles. The van der Waals surface area contributed by atoms with Crippen molar-refractivity contribution in [3.05, 3.63) is 0 Å². The predicted molar refractivity (Wildman–Crippen MR) is 47.0 cm³/mol. The molecule has 1 N–H and O–H groups in total. The molecule has 0 unspecified atom stereocenters. The average molecular weight is 184 g/mol. The minimum atomic E-state index is -0.267. The lowest BCUT2D eigenvalue weighted by atomic mass is 9.63. The molecule has 74 valence electrons. The second-order valence-corrected chi connectivity index (χ2v) is 4.28. The number of hydrogen-bond acceptors (Lipinski definition) is 3. The zero-order valence-electron chi connectivity index (χ0n) is 7.90. The van der Waals surface area contributed by atoms with E-state index in [1.807, 2.05) is 0 Å². The Kier molecular flexibility index (Phi) is 2.28. The Morgan fingerprint density at radius 2 is 2.15 bits per heavy atom. The molecule has 3 fully saturated rings. The van der Waals surface area contributed by atoms with Crippen LogP contribution in [-0.2, 0) is 9.53 Å². The van der Waals surface area contributed by atoms with E-state index in [4.69, 9.17) is 4.74 Å². The van der Waals surface area contributed by atoms with Crippen LogP contribution in [0.25, 0.3) is 0 Å². The molecular formula is C10H16O3. The van der Waals surface area contributed by atoms with E-state index >= 15 is 0 Å². The van der Waals surface area contributed by atoms with E-state index in [0.29, 0.717) is 5.92 Å². The topological polar surface area (TPSA) is 46.5 Å². The van der Waals surface area contributed by atoms with Crippen LogP contribution >= 0.6 is 0 Å². The van der Waals surface area contributed by atoms with Gasteiger partial charge in [0, 0.05) is 0 Å². The Hall–Kier alpha value is -0.570. The Morgan fingerprint density at radius 3 is 2.69 bits per heavy atom. The summed E-state index contributed by atoms with van der Waals surface area (Å²) >= 11 is 0. The van der Waals surface area contributed by atoms with Gasteiger partial charge in [-0.05, 0) is 37.5 Å². The largest absolute Gasteiger partial charge is 0.469 e. The van der Waals surface area contributed by atoms with Crippen LogP contribution in [0.1, 0.15) is 25.7 Å². The molecule has 3 aliphatic carbocycles. The summed E-state index contributed by atoms with van der Waals surface area (Å²) in [5, 5.41) is 9.71. The number of esters is 1. The number of rotatable bonds is 1. The van der Waals surface area contributed by atoms with Crippen LogP contribution in [0.5, 0.6) is 0 Å². The minimum Gasteiger partial charge on any atom is -0.469 e. The molecule has 2 bridgehead atoms. The molecule has 0 saturated heterocycles. The van der Waals surface area contributed by atoms with Crippen LogP contribution in [0.4, 0.5) is 0 Å². The van der Waals surface area contributed by atoms with Gasteiger partial charge in [-0.1, -0.05) is 0 Å². The molecule has 13 heavy (non-hydrogen) atoms. The lowest BCUT2D eigenvalue weighted by Gasteiger charge is -2.44. The van der Waals surface area contributed by atoms with Crippen LogP contribution in [0.2, 0.25) is 0 Å². The zero-order chi connectivity index (χ0) is 9.42. The number of carbonyl (C=O) groups is 1. The summed E-state index contributed by atoms with van der Waals surface area (Å²) in [5.41, 5.74) is 0. The standard InChI is InChI=1S/C10H16O3/c1-13-10(12)8-4-6-2-3-7(8)9(11)5-6/h6-9,11H,2-5H2,1H3/t6-,7+,8+,9+/m1/s1. The highest BCUT2D eigenvalue weighted by atomic mass is 16.5. The number of aliphatic hydroxyl groups excluding tert-OH is 1. The smallest absolute Gasteiger partial charge is 0.309 e. The molecule has 0 heterocycles. The lowest BCUT2D eigenvalue weighted by Crippen LogP contribution is -2.44. The van der Waals surface area contributed by atoms with Crippen molar-refractivity contribution in [2.75, 3.05) is 7.11 Å². The van der Waals surface area contributed by atoms with E-state index < -0.39 is 0 Å². The van der Waals surface area contributed by atoms with Gasteiger partial charge in [-0.25, -0.2) is 0 Å². The molecule has 0 aromatic rings. The predicted octanol–water partition coefficient (Wildman–Crippen LogP) is 0.956. The third kappa shape index (κ3) is 1.46. The van der Waals surface area contributed by atoms with Crippen molar-refractivity contribution in [1.82, 2.24) is 0 Å². The first-order chi connectivity index (χ1) is 6.22. The Labute approximate surface area is 78.1 Å². The molecule has 3 heteroatoms. The summed E-state index contributed by atoms with van der Waals surface area (Å²) in [6.45, 7) is 0. The summed E-state index contributed by atoms with van der Waals surface area (Å²) < 4.78 is 4.74. The van der Waals surface area contributed by atoms with E-state index in [2.05, 4.69) is 0 Å². The van der Waals surface area contributed by atoms with Gasteiger partial charge in [0.25, 0.3) is 0 Å². The number of carbonyl (C=O) groups excluding carboxylic acids is 1. The first kappa shape index (κ1) is 9.00. The van der Waals surface area contributed by atoms with E-state index in [9.17, 15) is 9.90 Å². The van der Waals surface area contributed by atoms with Crippen molar-refractivity contribution in [1.29, 1.82) is 0 Å². The van der Waals surface area contributed by atoms with Crippen LogP contribution in [-0.4, -0.2) is 24.3 Å². The highest BCUT2D eigenvalue weighted by Gasteiger charge is 2.44. The zero-order valence-corrected chi connectivity index (χ0v) is 7.90. The number of aliphatic hydroxyl groups is 1. The van der Waals surface area contributed by atoms with Crippen molar-refractivity contribution in [2.45, 2.75) is 31.8 Å². The molecule has 0 spiro atoms. The first-order valence-corrected chi connectivity index (χ1v) is 4.98. The van der Waals surface area contributed by atoms with Gasteiger partial charge in [0.2, 0.25) is 0 Å². The molecule has 0 amide bonds. The van der Waals surface area contributed by atoms with Gasteiger partial charge in [-0.3, -0.25) is 4.79 Å². The van der Waals surface area contributed by atoms with E-state index in [0.717, 1.165) is 19.3 Å². The molecule has 3 rings (SSSR count). The SMILES string of the molecule is COC(=O)[C@H]1C[C@H]2CC[C@@H]1[C@@H](O)C2. The molecule has 0 aliphatic heterocycles.